The Labute approximate surface area is 137 Å². The standard InChI is InChI=1S/C16H12ClN3O3/c17-12-4-6-13(7-5-12)23-14-3-1-2-11(8-14)9-18-20-10-15(21)19-16(20)22/h1-9H,10H2,(H,19,21,22)/b18-9-. The Morgan fingerprint density at radius 2 is 1.91 bits per heavy atom. The van der Waals surface area contributed by atoms with Gasteiger partial charge in [-0.3, -0.25) is 10.1 Å². The first kappa shape index (κ1) is 15.1. The molecule has 0 aromatic heterocycles. The predicted molar refractivity (Wildman–Crippen MR) is 85.8 cm³/mol. The molecule has 0 unspecified atom stereocenters. The van der Waals surface area contributed by atoms with E-state index in [9.17, 15) is 9.59 Å². The van der Waals surface area contributed by atoms with Crippen LogP contribution in [0.15, 0.2) is 53.6 Å². The second kappa shape index (κ2) is 6.50. The first-order valence-corrected chi connectivity index (χ1v) is 7.17. The van der Waals surface area contributed by atoms with E-state index < -0.39 is 6.03 Å². The zero-order valence-corrected chi connectivity index (χ0v) is 12.7. The monoisotopic (exact) mass is 329 g/mol. The van der Waals surface area contributed by atoms with Gasteiger partial charge in [0.05, 0.1) is 6.21 Å². The highest BCUT2D eigenvalue weighted by atomic mass is 35.5. The van der Waals surface area contributed by atoms with Crippen LogP contribution in [-0.4, -0.2) is 29.7 Å². The van der Waals surface area contributed by atoms with Crippen molar-refractivity contribution < 1.29 is 14.3 Å². The highest BCUT2D eigenvalue weighted by Crippen LogP contribution is 2.23. The van der Waals surface area contributed by atoms with Gasteiger partial charge in [-0.15, -0.1) is 0 Å². The highest BCUT2D eigenvalue weighted by molar-refractivity contribution is 6.30. The van der Waals surface area contributed by atoms with Crippen LogP contribution in [0.4, 0.5) is 4.79 Å². The van der Waals surface area contributed by atoms with Gasteiger partial charge in [-0.1, -0.05) is 23.7 Å². The van der Waals surface area contributed by atoms with Crippen LogP contribution in [0, 0.1) is 0 Å². The van der Waals surface area contributed by atoms with Gasteiger partial charge in [0.15, 0.2) is 0 Å². The molecule has 0 radical (unpaired) electrons. The maximum atomic E-state index is 11.4. The minimum Gasteiger partial charge on any atom is -0.457 e. The van der Waals surface area contributed by atoms with Crippen molar-refractivity contribution in [1.29, 1.82) is 0 Å². The number of halogens is 1. The molecule has 3 rings (SSSR count). The summed E-state index contributed by atoms with van der Waals surface area (Å²) >= 11 is 5.83. The Balaban J connectivity index is 1.71. The Morgan fingerprint density at radius 1 is 1.13 bits per heavy atom. The average Bonchev–Trinajstić information content (AvgIpc) is 2.86. The molecule has 7 heteroatoms. The van der Waals surface area contributed by atoms with E-state index in [1.807, 2.05) is 12.1 Å². The normalized spacial score (nSPS) is 14.4. The molecular formula is C16H12ClN3O3. The molecule has 1 aliphatic rings. The number of hydrogen-bond donors (Lipinski definition) is 1. The predicted octanol–water partition coefficient (Wildman–Crippen LogP) is 3.02. The van der Waals surface area contributed by atoms with Crippen LogP contribution in [-0.2, 0) is 4.79 Å². The lowest BCUT2D eigenvalue weighted by atomic mass is 10.2. The molecule has 1 aliphatic heterocycles. The second-order valence-electron chi connectivity index (χ2n) is 4.78. The molecule has 2 aromatic carbocycles. The Kier molecular flexibility index (Phi) is 4.25. The quantitative estimate of drug-likeness (QED) is 0.692. The molecule has 116 valence electrons. The minimum atomic E-state index is -0.528. The SMILES string of the molecule is O=C1CN(/N=C\c2cccc(Oc3ccc(Cl)cc3)c2)C(=O)N1. The number of amides is 3. The lowest BCUT2D eigenvalue weighted by Gasteiger charge is -2.07. The molecule has 0 atom stereocenters. The Morgan fingerprint density at radius 3 is 2.61 bits per heavy atom. The topological polar surface area (TPSA) is 71.0 Å². The molecule has 23 heavy (non-hydrogen) atoms. The molecule has 6 nitrogen and oxygen atoms in total. The van der Waals surface area contributed by atoms with Crippen molar-refractivity contribution >= 4 is 29.8 Å². The van der Waals surface area contributed by atoms with E-state index >= 15 is 0 Å². The summed E-state index contributed by atoms with van der Waals surface area (Å²) in [6.07, 6.45) is 1.49. The summed E-state index contributed by atoms with van der Waals surface area (Å²) < 4.78 is 5.72. The van der Waals surface area contributed by atoms with Crippen LogP contribution in [0.3, 0.4) is 0 Å². The molecular weight excluding hydrogens is 318 g/mol. The fourth-order valence-electron chi connectivity index (χ4n) is 1.96. The van der Waals surface area contributed by atoms with Gasteiger partial charge in [0.2, 0.25) is 5.91 Å². The van der Waals surface area contributed by atoms with E-state index in [1.54, 1.807) is 36.4 Å². The number of carbonyl (C=O) groups excluding carboxylic acids is 2. The third kappa shape index (κ3) is 3.87. The van der Waals surface area contributed by atoms with E-state index in [-0.39, 0.29) is 12.5 Å². The second-order valence-corrected chi connectivity index (χ2v) is 5.22. The number of ether oxygens (including phenoxy) is 1. The van der Waals surface area contributed by atoms with Gasteiger partial charge in [0.1, 0.15) is 18.0 Å². The largest absolute Gasteiger partial charge is 0.457 e. The molecule has 1 N–H and O–H groups in total. The molecule has 1 heterocycles. The van der Waals surface area contributed by atoms with Gasteiger partial charge in [-0.25, -0.2) is 9.80 Å². The van der Waals surface area contributed by atoms with E-state index in [0.717, 1.165) is 10.6 Å². The maximum absolute atomic E-state index is 11.4. The lowest BCUT2D eigenvalue weighted by molar-refractivity contribution is -0.118. The third-order valence-corrected chi connectivity index (χ3v) is 3.28. The van der Waals surface area contributed by atoms with Gasteiger partial charge in [-0.05, 0) is 42.0 Å². The van der Waals surface area contributed by atoms with Crippen molar-refractivity contribution in [2.75, 3.05) is 6.54 Å². The van der Waals surface area contributed by atoms with Crippen molar-refractivity contribution in [2.45, 2.75) is 0 Å². The summed E-state index contributed by atoms with van der Waals surface area (Å²) in [6, 6.07) is 13.7. The zero-order valence-electron chi connectivity index (χ0n) is 11.9. The van der Waals surface area contributed by atoms with Crippen LogP contribution in [0.2, 0.25) is 5.02 Å². The highest BCUT2D eigenvalue weighted by Gasteiger charge is 2.25. The van der Waals surface area contributed by atoms with Crippen molar-refractivity contribution in [1.82, 2.24) is 10.3 Å². The minimum absolute atomic E-state index is 0.0731. The molecule has 0 saturated carbocycles. The van der Waals surface area contributed by atoms with E-state index in [1.165, 1.54) is 6.21 Å². The number of hydrazone groups is 1. The van der Waals surface area contributed by atoms with Crippen LogP contribution in [0.25, 0.3) is 0 Å². The fourth-order valence-corrected chi connectivity index (χ4v) is 2.08. The van der Waals surface area contributed by atoms with Crippen molar-refractivity contribution in [2.24, 2.45) is 5.10 Å². The number of rotatable bonds is 4. The molecule has 3 amide bonds. The number of urea groups is 1. The number of benzene rings is 2. The zero-order chi connectivity index (χ0) is 16.2. The van der Waals surface area contributed by atoms with Crippen molar-refractivity contribution in [3.8, 4) is 11.5 Å². The summed E-state index contributed by atoms with van der Waals surface area (Å²) in [5, 5.41) is 7.84. The van der Waals surface area contributed by atoms with Crippen LogP contribution in [0.1, 0.15) is 5.56 Å². The number of imide groups is 1. The molecule has 1 fully saturated rings. The average molecular weight is 330 g/mol. The fraction of sp³-hybridized carbons (Fsp3) is 0.0625. The number of hydrogen-bond acceptors (Lipinski definition) is 4. The smallest absolute Gasteiger partial charge is 0.344 e. The van der Waals surface area contributed by atoms with E-state index in [4.69, 9.17) is 16.3 Å². The number of nitrogens with one attached hydrogen (secondary N) is 1. The summed E-state index contributed by atoms with van der Waals surface area (Å²) in [5.74, 6) is 0.915. The van der Waals surface area contributed by atoms with Gasteiger partial charge < -0.3 is 4.74 Å². The molecule has 0 spiro atoms. The van der Waals surface area contributed by atoms with Gasteiger partial charge >= 0.3 is 6.03 Å². The van der Waals surface area contributed by atoms with Crippen molar-refractivity contribution in [3.63, 3.8) is 0 Å². The summed E-state index contributed by atoms with van der Waals surface area (Å²) in [6.45, 7) is -0.0731. The summed E-state index contributed by atoms with van der Waals surface area (Å²) in [5.41, 5.74) is 0.739. The van der Waals surface area contributed by atoms with E-state index in [0.29, 0.717) is 16.5 Å². The van der Waals surface area contributed by atoms with Gasteiger partial charge in [0.25, 0.3) is 0 Å². The maximum Gasteiger partial charge on any atom is 0.344 e. The van der Waals surface area contributed by atoms with Gasteiger partial charge in [-0.2, -0.15) is 5.10 Å². The molecule has 1 saturated heterocycles. The summed E-state index contributed by atoms with van der Waals surface area (Å²) in [4.78, 5) is 22.5. The van der Waals surface area contributed by atoms with Crippen LogP contribution >= 0.6 is 11.6 Å². The van der Waals surface area contributed by atoms with Crippen molar-refractivity contribution in [3.05, 3.63) is 59.1 Å². The third-order valence-electron chi connectivity index (χ3n) is 3.03. The first-order chi connectivity index (χ1) is 11.1. The lowest BCUT2D eigenvalue weighted by Crippen LogP contribution is -2.24. The number of nitrogens with zero attached hydrogens (tertiary/aromatic N) is 2. The number of carbonyl (C=O) groups is 2. The Bertz CT molecular complexity index is 774. The molecule has 2 aromatic rings. The Hall–Kier alpha value is -2.86. The van der Waals surface area contributed by atoms with Crippen LogP contribution < -0.4 is 10.1 Å². The molecule has 0 aliphatic carbocycles. The first-order valence-electron chi connectivity index (χ1n) is 6.79. The van der Waals surface area contributed by atoms with Gasteiger partial charge in [0, 0.05) is 5.02 Å². The molecule has 0 bridgehead atoms. The van der Waals surface area contributed by atoms with E-state index in [2.05, 4.69) is 10.4 Å². The summed E-state index contributed by atoms with van der Waals surface area (Å²) in [7, 11) is 0. The van der Waals surface area contributed by atoms with Crippen LogP contribution in [0.5, 0.6) is 11.5 Å².